The lowest BCUT2D eigenvalue weighted by Crippen LogP contribution is -2.13. The molecule has 0 atom stereocenters. The average Bonchev–Trinajstić information content (AvgIpc) is 2.36. The average molecular weight is 417 g/mol. The molecule has 0 fully saturated rings. The summed E-state index contributed by atoms with van der Waals surface area (Å²) in [6.07, 6.45) is 1.29. The Bertz CT molecular complexity index is 768. The number of hydrogen-bond donors (Lipinski definition) is 1. The molecule has 2 aromatic rings. The molecular weight excluding hydrogens is 410 g/mol. The van der Waals surface area contributed by atoms with Crippen LogP contribution in [0.15, 0.2) is 39.8 Å². The van der Waals surface area contributed by atoms with Gasteiger partial charge in [0.2, 0.25) is 0 Å². The fraction of sp³-hybridized carbons (Fsp3) is 0. The van der Waals surface area contributed by atoms with Crippen molar-refractivity contribution >= 4 is 66.4 Å². The van der Waals surface area contributed by atoms with Crippen LogP contribution in [0.3, 0.4) is 0 Å². The van der Waals surface area contributed by atoms with Gasteiger partial charge < -0.3 is 0 Å². The van der Waals surface area contributed by atoms with Crippen LogP contribution < -0.4 is 4.72 Å². The van der Waals surface area contributed by atoms with Crippen LogP contribution >= 0.6 is 50.7 Å². The van der Waals surface area contributed by atoms with Crippen molar-refractivity contribution in [3.63, 3.8) is 0 Å². The van der Waals surface area contributed by atoms with Crippen molar-refractivity contribution in [2.24, 2.45) is 0 Å². The molecule has 1 heterocycles. The Morgan fingerprint density at radius 3 is 2.50 bits per heavy atom. The normalized spacial score (nSPS) is 11.4. The lowest BCUT2D eigenvalue weighted by atomic mass is 10.4. The molecule has 1 N–H and O–H groups in total. The third-order valence-corrected chi connectivity index (χ3v) is 5.46. The van der Waals surface area contributed by atoms with E-state index in [1.54, 1.807) is 0 Å². The number of nitrogens with zero attached hydrogens (tertiary/aromatic N) is 1. The van der Waals surface area contributed by atoms with E-state index in [0.717, 1.165) is 0 Å². The minimum absolute atomic E-state index is 0.0721. The zero-order valence-electron chi connectivity index (χ0n) is 9.57. The molecule has 0 aliphatic rings. The van der Waals surface area contributed by atoms with Gasteiger partial charge in [0.15, 0.2) is 0 Å². The topological polar surface area (TPSA) is 59.1 Å². The molecule has 1 aromatic carbocycles. The van der Waals surface area contributed by atoms with Crippen LogP contribution in [0.4, 0.5) is 5.69 Å². The zero-order chi connectivity index (χ0) is 14.9. The molecule has 0 bridgehead atoms. The summed E-state index contributed by atoms with van der Waals surface area (Å²) in [4.78, 5) is 3.72. The van der Waals surface area contributed by atoms with Crippen molar-refractivity contribution in [1.29, 1.82) is 0 Å². The number of pyridine rings is 1. The summed E-state index contributed by atoms with van der Waals surface area (Å²) >= 11 is 20.6. The van der Waals surface area contributed by atoms with Gasteiger partial charge in [0.25, 0.3) is 10.0 Å². The van der Waals surface area contributed by atoms with E-state index in [-0.39, 0.29) is 25.8 Å². The van der Waals surface area contributed by atoms with Gasteiger partial charge in [-0.25, -0.2) is 13.4 Å². The van der Waals surface area contributed by atoms with Crippen molar-refractivity contribution in [1.82, 2.24) is 4.98 Å². The first-order valence-corrected chi connectivity index (χ1v) is 8.49. The maximum absolute atomic E-state index is 12.2. The lowest BCUT2D eigenvalue weighted by Gasteiger charge is -2.10. The molecule has 0 unspecified atom stereocenters. The Morgan fingerprint density at radius 2 is 1.85 bits per heavy atom. The molecule has 0 saturated carbocycles. The van der Waals surface area contributed by atoms with Crippen LogP contribution in [-0.4, -0.2) is 13.4 Å². The maximum atomic E-state index is 12.2. The van der Waals surface area contributed by atoms with E-state index in [0.29, 0.717) is 4.47 Å². The third-order valence-electron chi connectivity index (χ3n) is 2.23. The van der Waals surface area contributed by atoms with E-state index in [1.165, 1.54) is 30.5 Å². The third kappa shape index (κ3) is 3.56. The Morgan fingerprint density at radius 1 is 1.15 bits per heavy atom. The lowest BCUT2D eigenvalue weighted by molar-refractivity contribution is 0.601. The van der Waals surface area contributed by atoms with Crippen LogP contribution in [0, 0.1) is 0 Å². The fourth-order valence-electron chi connectivity index (χ4n) is 1.37. The standard InChI is InChI=1S/C11H6BrCl3N2O2S/c12-8-4-7(5-16-11(8)15)17-20(18,19)10-3-6(13)1-2-9(10)14/h1-5,17H. The van der Waals surface area contributed by atoms with Crippen molar-refractivity contribution in [2.45, 2.75) is 4.90 Å². The number of rotatable bonds is 3. The highest BCUT2D eigenvalue weighted by molar-refractivity contribution is 9.10. The quantitative estimate of drug-likeness (QED) is 0.744. The summed E-state index contributed by atoms with van der Waals surface area (Å²) in [5, 5.41) is 0.571. The second kappa shape index (κ2) is 6.07. The molecule has 0 amide bonds. The molecular formula is C11H6BrCl3N2O2S. The van der Waals surface area contributed by atoms with Crippen molar-refractivity contribution in [2.75, 3.05) is 4.72 Å². The molecule has 0 radical (unpaired) electrons. The number of benzene rings is 1. The fourth-order valence-corrected chi connectivity index (χ4v) is 3.62. The van der Waals surface area contributed by atoms with Gasteiger partial charge in [0, 0.05) is 5.02 Å². The molecule has 2 rings (SSSR count). The smallest absolute Gasteiger partial charge is 0.263 e. The van der Waals surface area contributed by atoms with E-state index in [1.807, 2.05) is 0 Å². The summed E-state index contributed by atoms with van der Waals surface area (Å²) in [5.41, 5.74) is 0.248. The van der Waals surface area contributed by atoms with Gasteiger partial charge in [-0.15, -0.1) is 0 Å². The predicted molar refractivity (Wildman–Crippen MR) is 84.2 cm³/mol. The first-order valence-electron chi connectivity index (χ1n) is 5.08. The van der Waals surface area contributed by atoms with Crippen LogP contribution in [0.2, 0.25) is 15.2 Å². The molecule has 0 saturated heterocycles. The Balaban J connectivity index is 2.40. The van der Waals surface area contributed by atoms with Crippen molar-refractivity contribution < 1.29 is 8.42 Å². The molecule has 106 valence electrons. The summed E-state index contributed by atoms with van der Waals surface area (Å²) < 4.78 is 27.3. The Kier molecular flexibility index (Phi) is 4.81. The summed E-state index contributed by atoms with van der Waals surface area (Å²) in [7, 11) is -3.87. The number of sulfonamides is 1. The summed E-state index contributed by atoms with van der Waals surface area (Å²) in [6, 6.07) is 5.67. The largest absolute Gasteiger partial charge is 0.278 e. The van der Waals surface area contributed by atoms with Gasteiger partial charge >= 0.3 is 0 Å². The van der Waals surface area contributed by atoms with Crippen molar-refractivity contribution in [3.05, 3.63) is 50.1 Å². The van der Waals surface area contributed by atoms with Crippen molar-refractivity contribution in [3.8, 4) is 0 Å². The molecule has 0 aliphatic heterocycles. The van der Waals surface area contributed by atoms with Crippen LogP contribution in [0.5, 0.6) is 0 Å². The number of nitrogens with one attached hydrogen (secondary N) is 1. The number of hydrogen-bond acceptors (Lipinski definition) is 3. The first kappa shape index (κ1) is 15.9. The van der Waals surface area contributed by atoms with Gasteiger partial charge in [0.1, 0.15) is 10.0 Å². The summed E-state index contributed by atoms with van der Waals surface area (Å²) in [6.45, 7) is 0. The monoisotopic (exact) mass is 414 g/mol. The van der Waals surface area contributed by atoms with Crippen LogP contribution in [0.1, 0.15) is 0 Å². The molecule has 0 aliphatic carbocycles. The van der Waals surface area contributed by atoms with E-state index >= 15 is 0 Å². The highest BCUT2D eigenvalue weighted by atomic mass is 79.9. The molecule has 20 heavy (non-hydrogen) atoms. The first-order chi connectivity index (χ1) is 9.29. The molecule has 0 spiro atoms. The number of aromatic nitrogens is 1. The predicted octanol–water partition coefficient (Wildman–Crippen LogP) is 4.61. The van der Waals surface area contributed by atoms with Gasteiger partial charge in [0.05, 0.1) is 21.4 Å². The minimum Gasteiger partial charge on any atom is -0.278 e. The van der Waals surface area contributed by atoms with Crippen LogP contribution in [-0.2, 0) is 10.0 Å². The summed E-state index contributed by atoms with van der Waals surface area (Å²) in [5.74, 6) is 0. The van der Waals surface area contributed by atoms with E-state index in [2.05, 4.69) is 25.6 Å². The Hall–Kier alpha value is -0.530. The highest BCUT2D eigenvalue weighted by Crippen LogP contribution is 2.28. The molecule has 4 nitrogen and oxygen atoms in total. The van der Waals surface area contributed by atoms with E-state index in [9.17, 15) is 8.42 Å². The van der Waals surface area contributed by atoms with Gasteiger partial charge in [-0.2, -0.15) is 0 Å². The van der Waals surface area contributed by atoms with Crippen LogP contribution in [0.25, 0.3) is 0 Å². The highest BCUT2D eigenvalue weighted by Gasteiger charge is 2.19. The maximum Gasteiger partial charge on any atom is 0.263 e. The van der Waals surface area contributed by atoms with E-state index < -0.39 is 10.0 Å². The minimum atomic E-state index is -3.87. The van der Waals surface area contributed by atoms with Gasteiger partial charge in [-0.1, -0.05) is 34.8 Å². The second-order valence-corrected chi connectivity index (χ2v) is 7.38. The number of halogens is 4. The van der Waals surface area contributed by atoms with E-state index in [4.69, 9.17) is 34.8 Å². The Labute approximate surface area is 139 Å². The van der Waals surface area contributed by atoms with Gasteiger partial charge in [-0.3, -0.25) is 4.72 Å². The SMILES string of the molecule is O=S(=O)(Nc1cnc(Cl)c(Br)c1)c1cc(Cl)ccc1Cl. The van der Waals surface area contributed by atoms with Gasteiger partial charge in [-0.05, 0) is 40.2 Å². The molecule has 1 aromatic heterocycles. The zero-order valence-corrected chi connectivity index (χ0v) is 14.2. The number of anilines is 1. The molecule has 9 heteroatoms. The second-order valence-electron chi connectivity index (χ2n) is 3.68.